The van der Waals surface area contributed by atoms with Gasteiger partial charge in [-0.3, -0.25) is 4.79 Å². The van der Waals surface area contributed by atoms with Gasteiger partial charge in [-0.15, -0.1) is 0 Å². The van der Waals surface area contributed by atoms with Crippen LogP contribution in [0.2, 0.25) is 12.1 Å². The predicted molar refractivity (Wildman–Crippen MR) is 103 cm³/mol. The average Bonchev–Trinajstić information content (AvgIpc) is 2.65. The molecule has 0 aromatic carbocycles. The number of carbonyl (C=O) groups excluding carboxylic acids is 1. The van der Waals surface area contributed by atoms with Crippen LogP contribution in [0.25, 0.3) is 0 Å². The van der Waals surface area contributed by atoms with Gasteiger partial charge in [-0.2, -0.15) is 0 Å². The van der Waals surface area contributed by atoms with E-state index in [1.165, 1.54) is 0 Å². The van der Waals surface area contributed by atoms with Crippen LogP contribution in [-0.4, -0.2) is 66.1 Å². The summed E-state index contributed by atoms with van der Waals surface area (Å²) in [6.07, 6.45) is 3.99. The van der Waals surface area contributed by atoms with Crippen LogP contribution in [-0.2, 0) is 31.4 Å². The molecule has 0 aliphatic heterocycles. The SMILES string of the molecule is CCCC(=O)CCC[Si](OC)(OC)OC.CCC[Si](OC)(OC)OC. The van der Waals surface area contributed by atoms with Gasteiger partial charge in [-0.05, 0) is 12.8 Å². The van der Waals surface area contributed by atoms with Crippen LogP contribution in [0.3, 0.4) is 0 Å². The van der Waals surface area contributed by atoms with Crippen molar-refractivity contribution in [1.82, 2.24) is 0 Å². The molecule has 0 bridgehead atoms. The molecule has 0 rings (SSSR count). The summed E-state index contributed by atoms with van der Waals surface area (Å²) in [5.74, 6) is 0.309. The first-order chi connectivity index (χ1) is 11.9. The Bertz CT molecular complexity index is 305. The van der Waals surface area contributed by atoms with E-state index >= 15 is 0 Å². The molecule has 0 aromatic heterocycles. The predicted octanol–water partition coefficient (Wildman–Crippen LogP) is 3.29. The van der Waals surface area contributed by atoms with Crippen LogP contribution in [0.4, 0.5) is 0 Å². The fourth-order valence-corrected chi connectivity index (χ4v) is 5.77. The number of hydrogen-bond donors (Lipinski definition) is 0. The van der Waals surface area contributed by atoms with Crippen LogP contribution in [0.5, 0.6) is 0 Å². The van der Waals surface area contributed by atoms with E-state index in [0.29, 0.717) is 24.7 Å². The number of Topliss-reactive ketones (excluding diaryl/α,β-unsaturated/α-hetero) is 1. The summed E-state index contributed by atoms with van der Waals surface area (Å²) >= 11 is 0. The number of hydrogen-bond acceptors (Lipinski definition) is 7. The van der Waals surface area contributed by atoms with E-state index in [1.807, 2.05) is 6.92 Å². The van der Waals surface area contributed by atoms with Gasteiger partial charge in [0.1, 0.15) is 5.78 Å². The fourth-order valence-electron chi connectivity index (χ4n) is 2.32. The maximum Gasteiger partial charge on any atom is 0.500 e. The molecule has 0 unspecified atom stereocenters. The molecule has 0 aliphatic rings. The number of carbonyl (C=O) groups is 1. The zero-order chi connectivity index (χ0) is 19.8. The van der Waals surface area contributed by atoms with E-state index in [-0.39, 0.29) is 0 Å². The molecule has 0 radical (unpaired) electrons. The zero-order valence-electron chi connectivity index (χ0n) is 17.3. The van der Waals surface area contributed by atoms with Gasteiger partial charge < -0.3 is 26.6 Å². The standard InChI is InChI=1S/C10H22O4Si.C6H16O3Si/c1-5-7-10(11)8-6-9-15(12-2,13-3)14-4;1-5-6-10(7-2,8-3)9-4/h5-9H2,1-4H3;5-6H2,1-4H3. The highest BCUT2D eigenvalue weighted by Gasteiger charge is 2.37. The van der Waals surface area contributed by atoms with Crippen LogP contribution in [0.15, 0.2) is 0 Å². The Balaban J connectivity index is 0. The molecule has 25 heavy (non-hydrogen) atoms. The molecule has 0 spiro atoms. The summed E-state index contributed by atoms with van der Waals surface area (Å²) in [7, 11) is 5.00. The summed E-state index contributed by atoms with van der Waals surface area (Å²) in [4.78, 5) is 11.3. The molecule has 9 heteroatoms. The van der Waals surface area contributed by atoms with Crippen LogP contribution in [0, 0.1) is 0 Å². The lowest BCUT2D eigenvalue weighted by atomic mass is 10.1. The van der Waals surface area contributed by atoms with Gasteiger partial charge in [0.15, 0.2) is 0 Å². The van der Waals surface area contributed by atoms with Crippen molar-refractivity contribution in [2.45, 2.75) is 58.0 Å². The van der Waals surface area contributed by atoms with E-state index in [1.54, 1.807) is 42.7 Å². The number of ketones is 1. The first-order valence-electron chi connectivity index (χ1n) is 8.71. The Morgan fingerprint density at radius 1 is 0.640 bits per heavy atom. The summed E-state index contributed by atoms with van der Waals surface area (Å²) < 4.78 is 31.3. The Labute approximate surface area is 156 Å². The van der Waals surface area contributed by atoms with Crippen molar-refractivity contribution in [3.05, 3.63) is 0 Å². The van der Waals surface area contributed by atoms with E-state index in [0.717, 1.165) is 25.3 Å². The van der Waals surface area contributed by atoms with Crippen molar-refractivity contribution in [3.63, 3.8) is 0 Å². The van der Waals surface area contributed by atoms with Gasteiger partial charge in [-0.1, -0.05) is 20.3 Å². The molecule has 0 N–H and O–H groups in total. The van der Waals surface area contributed by atoms with Gasteiger partial charge >= 0.3 is 17.6 Å². The second-order valence-corrected chi connectivity index (χ2v) is 11.7. The lowest BCUT2D eigenvalue weighted by Crippen LogP contribution is -2.42. The molecule has 0 saturated carbocycles. The number of rotatable bonds is 14. The van der Waals surface area contributed by atoms with Crippen LogP contribution in [0.1, 0.15) is 46.0 Å². The monoisotopic (exact) mass is 398 g/mol. The molecule has 7 nitrogen and oxygen atoms in total. The topological polar surface area (TPSA) is 72.5 Å². The van der Waals surface area contributed by atoms with Crippen LogP contribution >= 0.6 is 0 Å². The molecule has 0 aliphatic carbocycles. The highest BCUT2D eigenvalue weighted by atomic mass is 28.4. The van der Waals surface area contributed by atoms with Crippen molar-refractivity contribution in [1.29, 1.82) is 0 Å². The summed E-state index contributed by atoms with van der Waals surface area (Å²) in [5.41, 5.74) is 0. The lowest BCUT2D eigenvalue weighted by Gasteiger charge is -2.23. The molecular weight excluding hydrogens is 360 g/mol. The summed E-state index contributed by atoms with van der Waals surface area (Å²) in [6, 6.07) is 1.59. The second kappa shape index (κ2) is 16.1. The molecule has 0 aromatic rings. The van der Waals surface area contributed by atoms with E-state index < -0.39 is 17.6 Å². The van der Waals surface area contributed by atoms with Crippen molar-refractivity contribution in [2.24, 2.45) is 0 Å². The van der Waals surface area contributed by atoms with Crippen molar-refractivity contribution in [3.8, 4) is 0 Å². The zero-order valence-corrected chi connectivity index (χ0v) is 19.3. The van der Waals surface area contributed by atoms with Gasteiger partial charge in [0, 0.05) is 67.6 Å². The van der Waals surface area contributed by atoms with Gasteiger partial charge in [0.25, 0.3) is 0 Å². The summed E-state index contributed by atoms with van der Waals surface area (Å²) in [5, 5.41) is 0. The van der Waals surface area contributed by atoms with Crippen molar-refractivity contribution >= 4 is 23.4 Å². The molecule has 0 fully saturated rings. The lowest BCUT2D eigenvalue weighted by molar-refractivity contribution is -0.119. The third-order valence-corrected chi connectivity index (χ3v) is 9.70. The average molecular weight is 399 g/mol. The van der Waals surface area contributed by atoms with Gasteiger partial charge in [0.2, 0.25) is 0 Å². The Hall–Kier alpha value is -0.136. The smallest absolute Gasteiger partial charge is 0.377 e. The first-order valence-corrected chi connectivity index (χ1v) is 12.6. The fraction of sp³-hybridized carbons (Fsp3) is 0.938. The minimum absolute atomic E-state index is 0.309. The summed E-state index contributed by atoms with van der Waals surface area (Å²) in [6.45, 7) is 4.09. The van der Waals surface area contributed by atoms with Gasteiger partial charge in [-0.25, -0.2) is 0 Å². The molecule has 0 atom stereocenters. The Morgan fingerprint density at radius 3 is 1.32 bits per heavy atom. The minimum atomic E-state index is -2.46. The highest BCUT2D eigenvalue weighted by Crippen LogP contribution is 2.17. The molecule has 0 amide bonds. The van der Waals surface area contributed by atoms with E-state index in [4.69, 9.17) is 26.6 Å². The van der Waals surface area contributed by atoms with Crippen molar-refractivity contribution in [2.75, 3.05) is 42.7 Å². The third kappa shape index (κ3) is 11.2. The Kier molecular flexibility index (Phi) is 17.4. The quantitative estimate of drug-likeness (QED) is 0.416. The van der Waals surface area contributed by atoms with Gasteiger partial charge in [0.05, 0.1) is 0 Å². The molecular formula is C16H38O7Si2. The third-order valence-electron chi connectivity index (χ3n) is 3.89. The van der Waals surface area contributed by atoms with E-state index in [2.05, 4.69) is 6.92 Å². The van der Waals surface area contributed by atoms with Crippen LogP contribution < -0.4 is 0 Å². The molecule has 152 valence electrons. The molecule has 0 heterocycles. The minimum Gasteiger partial charge on any atom is -0.377 e. The molecule has 0 saturated heterocycles. The Morgan fingerprint density at radius 2 is 1.04 bits per heavy atom. The second-order valence-electron chi connectivity index (χ2n) is 5.48. The van der Waals surface area contributed by atoms with Crippen molar-refractivity contribution < 1.29 is 31.4 Å². The first kappa shape index (κ1) is 27.1. The highest BCUT2D eigenvalue weighted by molar-refractivity contribution is 6.60. The normalized spacial score (nSPS) is 11.8. The largest absolute Gasteiger partial charge is 0.500 e. The maximum absolute atomic E-state index is 11.3. The van der Waals surface area contributed by atoms with E-state index in [9.17, 15) is 4.79 Å². The maximum atomic E-state index is 11.3.